The first-order valence-electron chi connectivity index (χ1n) is 7.42. The van der Waals surface area contributed by atoms with Crippen LogP contribution in [0.4, 0.5) is 0 Å². The van der Waals surface area contributed by atoms with Crippen LogP contribution in [0.1, 0.15) is 28.4 Å². The Morgan fingerprint density at radius 1 is 1.17 bits per heavy atom. The second-order valence-corrected chi connectivity index (χ2v) is 5.08. The molecule has 0 saturated carbocycles. The highest BCUT2D eigenvalue weighted by Gasteiger charge is 2.25. The number of carbonyl (C=O) groups excluding carboxylic acids is 1. The lowest BCUT2D eigenvalue weighted by Crippen LogP contribution is -2.07. The Balaban J connectivity index is 2.41. The molecule has 2 heterocycles. The summed E-state index contributed by atoms with van der Waals surface area (Å²) in [5.41, 5.74) is 2.83. The predicted octanol–water partition coefficient (Wildman–Crippen LogP) is 3.53. The summed E-state index contributed by atoms with van der Waals surface area (Å²) >= 11 is 0. The standard InChI is InChI=1S/C19H13N3O2/c1-2-24-19(23)17-15(12-21)16-8-3-4-9-22(16)18(17)14-7-5-6-13(10-14)11-20/h3-10H,2H2,1H3. The molecule has 5 heteroatoms. The number of nitrogens with zero attached hydrogens (tertiary/aromatic N) is 3. The summed E-state index contributed by atoms with van der Waals surface area (Å²) in [6.45, 7) is 1.93. The molecule has 0 atom stereocenters. The van der Waals surface area contributed by atoms with Gasteiger partial charge in [-0.25, -0.2) is 4.79 Å². The van der Waals surface area contributed by atoms with Crippen molar-refractivity contribution in [1.82, 2.24) is 4.40 Å². The average molecular weight is 315 g/mol. The van der Waals surface area contributed by atoms with Gasteiger partial charge in [-0.05, 0) is 31.2 Å². The quantitative estimate of drug-likeness (QED) is 0.693. The van der Waals surface area contributed by atoms with E-state index in [2.05, 4.69) is 12.1 Å². The number of esters is 1. The smallest absolute Gasteiger partial charge is 0.341 e. The monoisotopic (exact) mass is 315 g/mol. The summed E-state index contributed by atoms with van der Waals surface area (Å²) in [5, 5.41) is 18.7. The number of carbonyl (C=O) groups is 1. The second kappa shape index (κ2) is 6.28. The van der Waals surface area contributed by atoms with Gasteiger partial charge < -0.3 is 9.14 Å². The van der Waals surface area contributed by atoms with Crippen molar-refractivity contribution in [2.75, 3.05) is 6.61 Å². The van der Waals surface area contributed by atoms with Gasteiger partial charge in [-0.3, -0.25) is 0 Å². The molecule has 0 radical (unpaired) electrons. The van der Waals surface area contributed by atoms with Crippen molar-refractivity contribution in [2.24, 2.45) is 0 Å². The van der Waals surface area contributed by atoms with Crippen LogP contribution in [-0.4, -0.2) is 17.0 Å². The first-order chi connectivity index (χ1) is 11.7. The molecule has 24 heavy (non-hydrogen) atoms. The SMILES string of the molecule is CCOC(=O)c1c(C#N)c2ccccn2c1-c1cccc(C#N)c1. The van der Waals surface area contributed by atoms with E-state index < -0.39 is 5.97 Å². The van der Waals surface area contributed by atoms with Crippen molar-refractivity contribution in [3.63, 3.8) is 0 Å². The van der Waals surface area contributed by atoms with Crippen LogP contribution in [0.3, 0.4) is 0 Å². The number of rotatable bonds is 3. The summed E-state index contributed by atoms with van der Waals surface area (Å²) in [4.78, 5) is 12.5. The second-order valence-electron chi connectivity index (χ2n) is 5.08. The van der Waals surface area contributed by atoms with Crippen LogP contribution in [0.15, 0.2) is 48.7 Å². The zero-order valence-electron chi connectivity index (χ0n) is 13.0. The molecule has 0 spiro atoms. The van der Waals surface area contributed by atoms with E-state index in [0.717, 1.165) is 0 Å². The lowest BCUT2D eigenvalue weighted by atomic mass is 10.0. The van der Waals surface area contributed by atoms with E-state index in [4.69, 9.17) is 10.00 Å². The zero-order valence-corrected chi connectivity index (χ0v) is 13.0. The number of benzene rings is 1. The Morgan fingerprint density at radius 3 is 2.71 bits per heavy atom. The van der Waals surface area contributed by atoms with Gasteiger partial charge in [0.25, 0.3) is 0 Å². The highest BCUT2D eigenvalue weighted by Crippen LogP contribution is 2.32. The Morgan fingerprint density at radius 2 is 2.00 bits per heavy atom. The van der Waals surface area contributed by atoms with Crippen LogP contribution in [0, 0.1) is 22.7 Å². The summed E-state index contributed by atoms with van der Waals surface area (Å²) in [6.07, 6.45) is 1.78. The Hall–Kier alpha value is -3.57. The topological polar surface area (TPSA) is 78.3 Å². The first-order valence-corrected chi connectivity index (χ1v) is 7.42. The number of hydrogen-bond donors (Lipinski definition) is 0. The fourth-order valence-electron chi connectivity index (χ4n) is 2.74. The maximum atomic E-state index is 12.5. The molecule has 0 aliphatic heterocycles. The number of hydrogen-bond acceptors (Lipinski definition) is 4. The molecule has 0 aliphatic carbocycles. The molecule has 3 aromatic rings. The third-order valence-corrected chi connectivity index (χ3v) is 3.70. The van der Waals surface area contributed by atoms with E-state index >= 15 is 0 Å². The van der Waals surface area contributed by atoms with Crippen molar-refractivity contribution < 1.29 is 9.53 Å². The number of pyridine rings is 1. The molecule has 2 aromatic heterocycles. The maximum Gasteiger partial charge on any atom is 0.341 e. The van der Waals surface area contributed by atoms with Gasteiger partial charge in [-0.2, -0.15) is 10.5 Å². The fraction of sp³-hybridized carbons (Fsp3) is 0.105. The molecule has 0 N–H and O–H groups in total. The highest BCUT2D eigenvalue weighted by atomic mass is 16.5. The van der Waals surface area contributed by atoms with Gasteiger partial charge in [0.2, 0.25) is 0 Å². The number of fused-ring (bicyclic) bond motifs is 1. The minimum Gasteiger partial charge on any atom is -0.462 e. The lowest BCUT2D eigenvalue weighted by molar-refractivity contribution is 0.0527. The number of nitriles is 2. The van der Waals surface area contributed by atoms with Crippen molar-refractivity contribution in [3.8, 4) is 23.4 Å². The molecule has 3 rings (SSSR count). The number of aromatic nitrogens is 1. The maximum absolute atomic E-state index is 12.5. The predicted molar refractivity (Wildman–Crippen MR) is 88.2 cm³/mol. The van der Waals surface area contributed by atoms with Gasteiger partial charge in [0, 0.05) is 11.8 Å². The van der Waals surface area contributed by atoms with Gasteiger partial charge in [0.15, 0.2) is 0 Å². The van der Waals surface area contributed by atoms with E-state index in [1.807, 2.05) is 6.07 Å². The Kier molecular flexibility index (Phi) is 4.01. The van der Waals surface area contributed by atoms with Gasteiger partial charge >= 0.3 is 5.97 Å². The van der Waals surface area contributed by atoms with Gasteiger partial charge in [0.05, 0.1) is 35.0 Å². The molecule has 0 fully saturated rings. The normalized spacial score (nSPS) is 10.1. The molecule has 1 aromatic carbocycles. The van der Waals surface area contributed by atoms with Gasteiger partial charge in [-0.15, -0.1) is 0 Å². The highest BCUT2D eigenvalue weighted by molar-refractivity contribution is 6.03. The van der Waals surface area contributed by atoms with Crippen molar-refractivity contribution in [1.29, 1.82) is 10.5 Å². The molecular weight excluding hydrogens is 302 g/mol. The summed E-state index contributed by atoms with van der Waals surface area (Å²) in [5.74, 6) is -0.546. The minimum atomic E-state index is -0.546. The fourth-order valence-corrected chi connectivity index (χ4v) is 2.74. The van der Waals surface area contributed by atoms with Crippen LogP contribution in [0.5, 0.6) is 0 Å². The first kappa shape index (κ1) is 15.3. The molecule has 0 amide bonds. The van der Waals surface area contributed by atoms with Crippen molar-refractivity contribution in [3.05, 3.63) is 65.4 Å². The van der Waals surface area contributed by atoms with Crippen molar-refractivity contribution in [2.45, 2.75) is 6.92 Å². The van der Waals surface area contributed by atoms with E-state index in [1.165, 1.54) is 0 Å². The van der Waals surface area contributed by atoms with Crippen LogP contribution >= 0.6 is 0 Å². The summed E-state index contributed by atoms with van der Waals surface area (Å²) in [7, 11) is 0. The lowest BCUT2D eigenvalue weighted by Gasteiger charge is -2.07. The molecule has 5 nitrogen and oxygen atoms in total. The van der Waals surface area contributed by atoms with E-state index in [1.54, 1.807) is 53.9 Å². The van der Waals surface area contributed by atoms with E-state index in [0.29, 0.717) is 22.3 Å². The van der Waals surface area contributed by atoms with Gasteiger partial charge in [-0.1, -0.05) is 18.2 Å². The molecule has 0 unspecified atom stereocenters. The Labute approximate surface area is 138 Å². The third kappa shape index (κ3) is 2.39. The number of ether oxygens (including phenoxy) is 1. The molecule has 0 saturated heterocycles. The largest absolute Gasteiger partial charge is 0.462 e. The van der Waals surface area contributed by atoms with Crippen LogP contribution < -0.4 is 0 Å². The molecule has 116 valence electrons. The zero-order chi connectivity index (χ0) is 17.1. The van der Waals surface area contributed by atoms with E-state index in [-0.39, 0.29) is 17.7 Å². The molecular formula is C19H13N3O2. The average Bonchev–Trinajstić information content (AvgIpc) is 2.96. The summed E-state index contributed by atoms with van der Waals surface area (Å²) in [6, 6.07) is 16.5. The third-order valence-electron chi connectivity index (χ3n) is 3.70. The summed E-state index contributed by atoms with van der Waals surface area (Å²) < 4.78 is 6.93. The van der Waals surface area contributed by atoms with Gasteiger partial charge in [0.1, 0.15) is 11.6 Å². The Bertz CT molecular complexity index is 1020. The molecule has 0 aliphatic rings. The van der Waals surface area contributed by atoms with Crippen molar-refractivity contribution >= 4 is 11.5 Å². The van der Waals surface area contributed by atoms with E-state index in [9.17, 15) is 10.1 Å². The van der Waals surface area contributed by atoms with Crippen LogP contribution in [-0.2, 0) is 4.74 Å². The van der Waals surface area contributed by atoms with Crippen LogP contribution in [0.2, 0.25) is 0 Å². The molecule has 0 bridgehead atoms. The van der Waals surface area contributed by atoms with Crippen LogP contribution in [0.25, 0.3) is 16.8 Å². The minimum absolute atomic E-state index is 0.216.